The van der Waals surface area contributed by atoms with E-state index < -0.39 is 6.09 Å². The van der Waals surface area contributed by atoms with Gasteiger partial charge in [-0.1, -0.05) is 0 Å². The van der Waals surface area contributed by atoms with Crippen molar-refractivity contribution >= 4 is 23.4 Å². The van der Waals surface area contributed by atoms with Gasteiger partial charge in [0.1, 0.15) is 0 Å². The second kappa shape index (κ2) is 4.45. The highest BCUT2D eigenvalue weighted by Gasteiger charge is 2.17. The summed E-state index contributed by atoms with van der Waals surface area (Å²) in [4.78, 5) is 24.0. The van der Waals surface area contributed by atoms with Crippen molar-refractivity contribution in [1.29, 1.82) is 0 Å². The number of carbonyl (C=O) groups excluding carboxylic acids is 2. The zero-order chi connectivity index (χ0) is 12.4. The standard InChI is InChI=1S/C12H14N2O3/c1-14(12(16)17-2)9-4-5-10-8(7-9)3-6-11(15)13-10/h4-5,7H,3,6H2,1-2H3,(H,13,15). The number of anilines is 2. The molecular weight excluding hydrogens is 220 g/mol. The third-order valence-corrected chi connectivity index (χ3v) is 2.82. The van der Waals surface area contributed by atoms with Crippen molar-refractivity contribution in [2.75, 3.05) is 24.4 Å². The number of methoxy groups -OCH3 is 1. The molecule has 1 aliphatic rings. The second-order valence-electron chi connectivity index (χ2n) is 3.92. The van der Waals surface area contributed by atoms with Gasteiger partial charge in [-0.05, 0) is 30.2 Å². The fourth-order valence-electron chi connectivity index (χ4n) is 1.82. The van der Waals surface area contributed by atoms with Crippen LogP contribution in [0.5, 0.6) is 0 Å². The maximum absolute atomic E-state index is 11.4. The average molecular weight is 234 g/mol. The lowest BCUT2D eigenvalue weighted by molar-refractivity contribution is -0.116. The molecule has 5 heteroatoms. The molecule has 1 aromatic rings. The van der Waals surface area contributed by atoms with E-state index in [0.29, 0.717) is 12.8 Å². The molecule has 0 atom stereocenters. The molecule has 2 amide bonds. The van der Waals surface area contributed by atoms with Crippen LogP contribution in [0.3, 0.4) is 0 Å². The molecule has 0 unspecified atom stereocenters. The molecular formula is C12H14N2O3. The quantitative estimate of drug-likeness (QED) is 0.805. The fourth-order valence-corrected chi connectivity index (χ4v) is 1.82. The van der Waals surface area contributed by atoms with Gasteiger partial charge in [0.25, 0.3) is 0 Å². The van der Waals surface area contributed by atoms with Crippen molar-refractivity contribution in [2.45, 2.75) is 12.8 Å². The molecule has 90 valence electrons. The van der Waals surface area contributed by atoms with Gasteiger partial charge in [-0.2, -0.15) is 0 Å². The second-order valence-corrected chi connectivity index (χ2v) is 3.92. The lowest BCUT2D eigenvalue weighted by Crippen LogP contribution is -2.26. The van der Waals surface area contributed by atoms with Gasteiger partial charge in [0.15, 0.2) is 0 Å². The first-order chi connectivity index (χ1) is 8.11. The highest BCUT2D eigenvalue weighted by molar-refractivity contribution is 5.95. The largest absolute Gasteiger partial charge is 0.452 e. The summed E-state index contributed by atoms with van der Waals surface area (Å²) >= 11 is 0. The summed E-state index contributed by atoms with van der Waals surface area (Å²) in [6.45, 7) is 0. The minimum atomic E-state index is -0.412. The molecule has 0 fully saturated rings. The van der Waals surface area contributed by atoms with E-state index in [2.05, 4.69) is 10.1 Å². The Morgan fingerprint density at radius 1 is 1.41 bits per heavy atom. The van der Waals surface area contributed by atoms with Crippen LogP contribution in [0.1, 0.15) is 12.0 Å². The Labute approximate surface area is 99.4 Å². The van der Waals surface area contributed by atoms with E-state index in [1.807, 2.05) is 6.07 Å². The number of rotatable bonds is 1. The number of hydrogen-bond donors (Lipinski definition) is 1. The summed E-state index contributed by atoms with van der Waals surface area (Å²) in [6, 6.07) is 5.48. The van der Waals surface area contributed by atoms with Crippen LogP contribution in [0.4, 0.5) is 16.2 Å². The van der Waals surface area contributed by atoms with Gasteiger partial charge in [0.05, 0.1) is 7.11 Å². The SMILES string of the molecule is COC(=O)N(C)c1ccc2c(c1)CCC(=O)N2. The van der Waals surface area contributed by atoms with Crippen molar-refractivity contribution in [3.8, 4) is 0 Å². The number of nitrogens with zero attached hydrogens (tertiary/aromatic N) is 1. The molecule has 0 aliphatic carbocycles. The van der Waals surface area contributed by atoms with Crippen LogP contribution >= 0.6 is 0 Å². The summed E-state index contributed by atoms with van der Waals surface area (Å²) in [5, 5.41) is 2.80. The van der Waals surface area contributed by atoms with Crippen LogP contribution in [0, 0.1) is 0 Å². The van der Waals surface area contributed by atoms with Gasteiger partial charge in [-0.3, -0.25) is 9.69 Å². The van der Waals surface area contributed by atoms with Gasteiger partial charge in [0, 0.05) is 24.8 Å². The highest BCUT2D eigenvalue weighted by Crippen LogP contribution is 2.27. The number of fused-ring (bicyclic) bond motifs is 1. The number of carbonyl (C=O) groups is 2. The Hall–Kier alpha value is -2.04. The van der Waals surface area contributed by atoms with E-state index in [0.717, 1.165) is 16.9 Å². The molecule has 1 heterocycles. The number of nitrogens with one attached hydrogen (secondary N) is 1. The normalized spacial score (nSPS) is 13.6. The molecule has 0 radical (unpaired) electrons. The Morgan fingerprint density at radius 2 is 2.18 bits per heavy atom. The van der Waals surface area contributed by atoms with Crippen LogP contribution in [0.25, 0.3) is 0 Å². The number of hydrogen-bond acceptors (Lipinski definition) is 3. The molecule has 0 saturated heterocycles. The monoisotopic (exact) mass is 234 g/mol. The summed E-state index contributed by atoms with van der Waals surface area (Å²) < 4.78 is 4.64. The van der Waals surface area contributed by atoms with Gasteiger partial charge in [-0.15, -0.1) is 0 Å². The minimum absolute atomic E-state index is 0.0339. The molecule has 0 bridgehead atoms. The molecule has 17 heavy (non-hydrogen) atoms. The Morgan fingerprint density at radius 3 is 2.88 bits per heavy atom. The molecule has 0 aromatic heterocycles. The molecule has 2 rings (SSSR count). The molecule has 5 nitrogen and oxygen atoms in total. The van der Waals surface area contributed by atoms with E-state index >= 15 is 0 Å². The predicted octanol–water partition coefficient (Wildman–Crippen LogP) is 1.77. The fraction of sp³-hybridized carbons (Fsp3) is 0.333. The van der Waals surface area contributed by atoms with Crippen molar-refractivity contribution in [3.63, 3.8) is 0 Å². The van der Waals surface area contributed by atoms with Crippen molar-refractivity contribution in [3.05, 3.63) is 23.8 Å². The highest BCUT2D eigenvalue weighted by atomic mass is 16.5. The summed E-state index contributed by atoms with van der Waals surface area (Å²) in [5.41, 5.74) is 2.62. The number of amides is 2. The van der Waals surface area contributed by atoms with Crippen LogP contribution in [-0.4, -0.2) is 26.2 Å². The number of benzene rings is 1. The zero-order valence-electron chi connectivity index (χ0n) is 9.82. The smallest absolute Gasteiger partial charge is 0.413 e. The topological polar surface area (TPSA) is 58.6 Å². The molecule has 1 aromatic carbocycles. The van der Waals surface area contributed by atoms with Gasteiger partial charge in [-0.25, -0.2) is 4.79 Å². The summed E-state index contributed by atoms with van der Waals surface area (Å²) in [6.07, 6.45) is 0.771. The Kier molecular flexibility index (Phi) is 2.99. The molecule has 1 aliphatic heterocycles. The van der Waals surface area contributed by atoms with E-state index in [4.69, 9.17) is 0 Å². The van der Waals surface area contributed by atoms with Crippen molar-refractivity contribution in [1.82, 2.24) is 0 Å². The first-order valence-corrected chi connectivity index (χ1v) is 5.36. The summed E-state index contributed by atoms with van der Waals surface area (Å²) in [7, 11) is 2.99. The average Bonchev–Trinajstić information content (AvgIpc) is 2.36. The lowest BCUT2D eigenvalue weighted by atomic mass is 10.0. The van der Waals surface area contributed by atoms with Crippen molar-refractivity contribution < 1.29 is 14.3 Å². The van der Waals surface area contributed by atoms with Crippen LogP contribution in [0.15, 0.2) is 18.2 Å². The molecule has 1 N–H and O–H groups in total. The molecule has 0 spiro atoms. The minimum Gasteiger partial charge on any atom is -0.452 e. The van der Waals surface area contributed by atoms with Gasteiger partial charge >= 0.3 is 6.09 Å². The Bertz CT molecular complexity index is 471. The van der Waals surface area contributed by atoms with Gasteiger partial charge in [0.2, 0.25) is 5.91 Å². The zero-order valence-corrected chi connectivity index (χ0v) is 9.82. The van der Waals surface area contributed by atoms with Crippen molar-refractivity contribution in [2.24, 2.45) is 0 Å². The molecule has 0 saturated carbocycles. The maximum atomic E-state index is 11.4. The van der Waals surface area contributed by atoms with E-state index in [1.165, 1.54) is 12.0 Å². The predicted molar refractivity (Wildman–Crippen MR) is 64.2 cm³/mol. The summed E-state index contributed by atoms with van der Waals surface area (Å²) in [5.74, 6) is 0.0339. The van der Waals surface area contributed by atoms with Gasteiger partial charge < -0.3 is 10.1 Å². The lowest BCUT2D eigenvalue weighted by Gasteiger charge is -2.21. The van der Waals surface area contributed by atoms with Crippen LogP contribution < -0.4 is 10.2 Å². The van der Waals surface area contributed by atoms with E-state index in [9.17, 15) is 9.59 Å². The van der Waals surface area contributed by atoms with E-state index in [-0.39, 0.29) is 5.91 Å². The first-order valence-electron chi connectivity index (χ1n) is 5.36. The first kappa shape index (κ1) is 11.4. The van der Waals surface area contributed by atoms with Crippen LogP contribution in [-0.2, 0) is 16.0 Å². The number of aryl methyl sites for hydroxylation is 1. The Balaban J connectivity index is 2.28. The van der Waals surface area contributed by atoms with E-state index in [1.54, 1.807) is 19.2 Å². The number of ether oxygens (including phenoxy) is 1. The maximum Gasteiger partial charge on any atom is 0.413 e. The van der Waals surface area contributed by atoms with Crippen LogP contribution in [0.2, 0.25) is 0 Å². The third kappa shape index (κ3) is 2.22. The third-order valence-electron chi connectivity index (χ3n) is 2.82.